The van der Waals surface area contributed by atoms with Crippen molar-refractivity contribution >= 4 is 5.91 Å². The largest absolute Gasteiger partial charge is 0.353 e. The van der Waals surface area contributed by atoms with Crippen LogP contribution < -0.4 is 5.32 Å². The molecule has 0 unspecified atom stereocenters. The van der Waals surface area contributed by atoms with Crippen LogP contribution in [0, 0.1) is 0 Å². The molecule has 0 spiro atoms. The smallest absolute Gasteiger partial charge is 0.243 e. The molecular weight excluding hydrogens is 126 g/mol. The Balaban J connectivity index is 3.03. The number of rotatable bonds is 5. The maximum absolute atomic E-state index is 10.5. The highest BCUT2D eigenvalue weighted by atomic mass is 16.1. The average molecular weight is 141 g/mol. The molecule has 1 N–H and O–H groups in total. The average Bonchev–Trinajstić information content (AvgIpc) is 1.98. The summed E-state index contributed by atoms with van der Waals surface area (Å²) >= 11 is 0. The Labute approximate surface area is 62.3 Å². The molecule has 0 bridgehead atoms. The van der Waals surface area contributed by atoms with Crippen LogP contribution in [0.15, 0.2) is 12.7 Å². The normalized spacial score (nSPS) is 8.90. The number of hydrogen-bond acceptors (Lipinski definition) is 1. The Kier molecular flexibility index (Phi) is 5.83. The Bertz CT molecular complexity index is 110. The molecule has 0 aliphatic carbocycles. The van der Waals surface area contributed by atoms with E-state index in [-0.39, 0.29) is 5.91 Å². The van der Waals surface area contributed by atoms with Gasteiger partial charge in [-0.2, -0.15) is 0 Å². The van der Waals surface area contributed by atoms with Gasteiger partial charge in [0.2, 0.25) is 5.91 Å². The van der Waals surface area contributed by atoms with Gasteiger partial charge in [0.1, 0.15) is 0 Å². The maximum atomic E-state index is 10.5. The SMILES string of the molecule is C=CC(=O)NCCCCC. The number of amides is 1. The zero-order valence-electron chi connectivity index (χ0n) is 6.52. The molecule has 0 saturated heterocycles. The highest BCUT2D eigenvalue weighted by molar-refractivity contribution is 5.86. The second-order valence-electron chi connectivity index (χ2n) is 2.20. The molecule has 10 heavy (non-hydrogen) atoms. The van der Waals surface area contributed by atoms with Crippen LogP contribution >= 0.6 is 0 Å². The van der Waals surface area contributed by atoms with Crippen molar-refractivity contribution in [3.63, 3.8) is 0 Å². The first kappa shape index (κ1) is 9.21. The topological polar surface area (TPSA) is 29.1 Å². The van der Waals surface area contributed by atoms with Gasteiger partial charge >= 0.3 is 0 Å². The molecule has 0 atom stereocenters. The molecule has 0 radical (unpaired) electrons. The van der Waals surface area contributed by atoms with Crippen LogP contribution in [0.1, 0.15) is 26.2 Å². The molecule has 2 heteroatoms. The number of carbonyl (C=O) groups excluding carboxylic acids is 1. The number of unbranched alkanes of at least 4 members (excludes halogenated alkanes) is 2. The highest BCUT2D eigenvalue weighted by Gasteiger charge is 1.90. The van der Waals surface area contributed by atoms with E-state index in [2.05, 4.69) is 18.8 Å². The molecule has 0 saturated carbocycles. The van der Waals surface area contributed by atoms with Crippen molar-refractivity contribution in [2.24, 2.45) is 0 Å². The summed E-state index contributed by atoms with van der Waals surface area (Å²) in [5, 5.41) is 2.71. The van der Waals surface area contributed by atoms with Crippen LogP contribution in [0.2, 0.25) is 0 Å². The fraction of sp³-hybridized carbons (Fsp3) is 0.625. The predicted molar refractivity (Wildman–Crippen MR) is 42.7 cm³/mol. The van der Waals surface area contributed by atoms with E-state index >= 15 is 0 Å². The molecular formula is C8H15NO. The minimum Gasteiger partial charge on any atom is -0.353 e. The molecule has 0 aromatic heterocycles. The number of hydrogen-bond donors (Lipinski definition) is 1. The van der Waals surface area contributed by atoms with Crippen LogP contribution in [0.4, 0.5) is 0 Å². The van der Waals surface area contributed by atoms with Gasteiger partial charge in [0, 0.05) is 6.54 Å². The van der Waals surface area contributed by atoms with Gasteiger partial charge in [0.15, 0.2) is 0 Å². The molecule has 0 aromatic rings. The molecule has 1 amide bonds. The summed E-state index contributed by atoms with van der Waals surface area (Å²) in [7, 11) is 0. The van der Waals surface area contributed by atoms with Gasteiger partial charge in [-0.1, -0.05) is 26.3 Å². The minimum absolute atomic E-state index is 0.0731. The summed E-state index contributed by atoms with van der Waals surface area (Å²) in [6, 6.07) is 0. The summed E-state index contributed by atoms with van der Waals surface area (Å²) in [6.07, 6.45) is 4.73. The first-order valence-electron chi connectivity index (χ1n) is 3.71. The van der Waals surface area contributed by atoms with Gasteiger partial charge in [-0.15, -0.1) is 0 Å². The molecule has 0 rings (SSSR count). The van der Waals surface area contributed by atoms with E-state index in [1.54, 1.807) is 0 Å². The lowest BCUT2D eigenvalue weighted by atomic mass is 10.2. The zero-order chi connectivity index (χ0) is 7.82. The fourth-order valence-electron chi connectivity index (χ4n) is 0.659. The monoisotopic (exact) mass is 141 g/mol. The first-order valence-corrected chi connectivity index (χ1v) is 3.71. The zero-order valence-corrected chi connectivity index (χ0v) is 6.52. The van der Waals surface area contributed by atoms with Gasteiger partial charge in [-0.25, -0.2) is 0 Å². The van der Waals surface area contributed by atoms with Crippen molar-refractivity contribution in [3.8, 4) is 0 Å². The van der Waals surface area contributed by atoms with Gasteiger partial charge in [-0.3, -0.25) is 4.79 Å². The third-order valence-electron chi connectivity index (χ3n) is 1.26. The van der Waals surface area contributed by atoms with Gasteiger partial charge in [-0.05, 0) is 12.5 Å². The Morgan fingerprint density at radius 1 is 1.60 bits per heavy atom. The molecule has 0 fully saturated rings. The highest BCUT2D eigenvalue weighted by Crippen LogP contribution is 1.90. The van der Waals surface area contributed by atoms with Crippen molar-refractivity contribution < 1.29 is 4.79 Å². The summed E-state index contributed by atoms with van der Waals surface area (Å²) in [6.45, 7) is 6.26. The lowest BCUT2D eigenvalue weighted by Crippen LogP contribution is -2.21. The van der Waals surface area contributed by atoms with E-state index in [0.717, 1.165) is 13.0 Å². The molecule has 2 nitrogen and oxygen atoms in total. The molecule has 0 heterocycles. The predicted octanol–water partition coefficient (Wildman–Crippen LogP) is 1.48. The summed E-state index contributed by atoms with van der Waals surface area (Å²) in [5.74, 6) is -0.0731. The summed E-state index contributed by atoms with van der Waals surface area (Å²) < 4.78 is 0. The molecule has 0 aromatic carbocycles. The van der Waals surface area contributed by atoms with E-state index in [0.29, 0.717) is 0 Å². The van der Waals surface area contributed by atoms with Crippen molar-refractivity contribution in [3.05, 3.63) is 12.7 Å². The van der Waals surface area contributed by atoms with E-state index in [4.69, 9.17) is 0 Å². The molecule has 0 aliphatic rings. The minimum atomic E-state index is -0.0731. The van der Waals surface area contributed by atoms with Gasteiger partial charge in [0.05, 0.1) is 0 Å². The van der Waals surface area contributed by atoms with Crippen LogP contribution in [-0.2, 0) is 4.79 Å². The third-order valence-corrected chi connectivity index (χ3v) is 1.26. The van der Waals surface area contributed by atoms with Gasteiger partial charge in [0.25, 0.3) is 0 Å². The third kappa shape index (κ3) is 5.35. The van der Waals surface area contributed by atoms with Crippen molar-refractivity contribution in [2.45, 2.75) is 26.2 Å². The van der Waals surface area contributed by atoms with Gasteiger partial charge < -0.3 is 5.32 Å². The first-order chi connectivity index (χ1) is 4.81. The lowest BCUT2D eigenvalue weighted by Gasteiger charge is -1.98. The van der Waals surface area contributed by atoms with Crippen LogP contribution in [0.3, 0.4) is 0 Å². The Hall–Kier alpha value is -0.790. The number of nitrogens with one attached hydrogen (secondary N) is 1. The van der Waals surface area contributed by atoms with E-state index in [9.17, 15) is 4.79 Å². The van der Waals surface area contributed by atoms with Crippen molar-refractivity contribution in [1.29, 1.82) is 0 Å². The molecule has 0 aliphatic heterocycles. The maximum Gasteiger partial charge on any atom is 0.243 e. The molecule has 58 valence electrons. The number of carbonyl (C=O) groups is 1. The van der Waals surface area contributed by atoms with Crippen LogP contribution in [0.5, 0.6) is 0 Å². The standard InChI is InChI=1S/C8H15NO/c1-3-5-6-7-9-8(10)4-2/h4H,2-3,5-7H2,1H3,(H,9,10). The van der Waals surface area contributed by atoms with E-state index in [1.165, 1.54) is 18.9 Å². The van der Waals surface area contributed by atoms with Crippen molar-refractivity contribution in [1.82, 2.24) is 5.32 Å². The quantitative estimate of drug-likeness (QED) is 0.456. The lowest BCUT2D eigenvalue weighted by molar-refractivity contribution is -0.116. The summed E-state index contributed by atoms with van der Waals surface area (Å²) in [4.78, 5) is 10.5. The van der Waals surface area contributed by atoms with Crippen molar-refractivity contribution in [2.75, 3.05) is 6.54 Å². The fourth-order valence-corrected chi connectivity index (χ4v) is 0.659. The second kappa shape index (κ2) is 6.33. The second-order valence-corrected chi connectivity index (χ2v) is 2.20. The van der Waals surface area contributed by atoms with E-state index in [1.807, 2.05) is 0 Å². The van der Waals surface area contributed by atoms with Crippen LogP contribution in [-0.4, -0.2) is 12.5 Å². The van der Waals surface area contributed by atoms with Crippen LogP contribution in [0.25, 0.3) is 0 Å². The van der Waals surface area contributed by atoms with E-state index < -0.39 is 0 Å². The Morgan fingerprint density at radius 2 is 2.30 bits per heavy atom. The Morgan fingerprint density at radius 3 is 2.80 bits per heavy atom. The summed E-state index contributed by atoms with van der Waals surface area (Å²) in [5.41, 5.74) is 0.